The van der Waals surface area contributed by atoms with E-state index in [1.165, 1.54) is 29.1 Å². The molecule has 1 amide bonds. The molecule has 172 valence electrons. The number of benzene rings is 2. The average Bonchev–Trinajstić information content (AvgIpc) is 3.15. The molecule has 0 bridgehead atoms. The number of aliphatic hydroxyl groups excluding tert-OH is 1. The van der Waals surface area contributed by atoms with Crippen molar-refractivity contribution in [3.05, 3.63) is 71.4 Å². The molecule has 1 heterocycles. The molecule has 3 aromatic rings. The quantitative estimate of drug-likeness (QED) is 0.265. The summed E-state index contributed by atoms with van der Waals surface area (Å²) in [7, 11) is 1.27. The van der Waals surface area contributed by atoms with Crippen LogP contribution in [0.15, 0.2) is 54.7 Å². The fraction of sp³-hybridized carbons (Fsp3) is 0.304. The number of amides is 1. The Balaban J connectivity index is 0.000000430. The first kappa shape index (κ1) is 28.9. The number of carbonyl (C=O) groups is 2. The van der Waals surface area contributed by atoms with Gasteiger partial charge in [-0.1, -0.05) is 48.0 Å². The predicted octanol–water partition coefficient (Wildman–Crippen LogP) is 3.17. The molecule has 0 unspecified atom stereocenters. The van der Waals surface area contributed by atoms with Gasteiger partial charge in [0.1, 0.15) is 6.54 Å². The van der Waals surface area contributed by atoms with Crippen LogP contribution in [0.1, 0.15) is 23.1 Å². The number of fused-ring (bicyclic) bond motifs is 1. The number of hydrogen-bond acceptors (Lipinski definition) is 5. The van der Waals surface area contributed by atoms with Crippen molar-refractivity contribution in [2.75, 3.05) is 19.4 Å². The number of hydrogen-bond donors (Lipinski definition) is 3. The molecular weight excluding hydrogens is 507 g/mol. The smallest absolute Gasteiger partial charge is 0.325 e. The van der Waals surface area contributed by atoms with Crippen molar-refractivity contribution in [2.24, 2.45) is 0 Å². The molecule has 0 aliphatic heterocycles. The molecule has 0 aliphatic carbocycles. The third-order valence-electron chi connectivity index (χ3n) is 4.09. The van der Waals surface area contributed by atoms with Crippen molar-refractivity contribution in [2.45, 2.75) is 26.9 Å². The molecule has 0 atom stereocenters. The average molecular weight is 536 g/mol. The number of aromatic amines is 1. The predicted molar refractivity (Wildman–Crippen MR) is 122 cm³/mol. The van der Waals surface area contributed by atoms with Crippen molar-refractivity contribution >= 4 is 35.4 Å². The molecule has 2 aromatic carbocycles. The largest absolute Gasteiger partial charge is 0.792 e. The van der Waals surface area contributed by atoms with Crippen molar-refractivity contribution in [3.63, 3.8) is 0 Å². The first-order chi connectivity index (χ1) is 14.4. The van der Waals surface area contributed by atoms with Gasteiger partial charge in [0.2, 0.25) is 5.91 Å². The summed E-state index contributed by atoms with van der Waals surface area (Å²) >= 11 is 4.56. The maximum atomic E-state index is 10.7. The number of nitrogens with one attached hydrogen (secondary N) is 2. The van der Waals surface area contributed by atoms with Gasteiger partial charge in [-0.15, -0.1) is 0 Å². The van der Waals surface area contributed by atoms with Crippen LogP contribution < -0.4 is 5.32 Å². The van der Waals surface area contributed by atoms with E-state index < -0.39 is 5.97 Å². The minimum Gasteiger partial charge on any atom is -0.792 e. The Bertz CT molecular complexity index is 913. The second-order valence-corrected chi connectivity index (χ2v) is 6.88. The van der Waals surface area contributed by atoms with Crippen LogP contribution in [0.4, 0.5) is 0 Å². The number of aryl methyl sites for hydroxylation is 2. The first-order valence-corrected chi connectivity index (χ1v) is 10.1. The van der Waals surface area contributed by atoms with Gasteiger partial charge in [0.25, 0.3) is 0 Å². The summed E-state index contributed by atoms with van der Waals surface area (Å²) in [5.41, 5.74) is 4.74. The van der Waals surface area contributed by atoms with E-state index in [4.69, 9.17) is 5.11 Å². The number of methoxy groups -OCH3 is 1. The van der Waals surface area contributed by atoms with E-state index in [0.717, 1.165) is 5.56 Å². The molecule has 0 spiro atoms. The van der Waals surface area contributed by atoms with E-state index in [1.807, 2.05) is 43.5 Å². The number of aromatic nitrogens is 1. The molecule has 0 aliphatic rings. The van der Waals surface area contributed by atoms with E-state index in [1.54, 1.807) is 0 Å². The first-order valence-electron chi connectivity index (χ1n) is 9.52. The zero-order valence-electron chi connectivity index (χ0n) is 17.9. The molecule has 8 heteroatoms. The normalized spacial score (nSPS) is 9.32. The van der Waals surface area contributed by atoms with Crippen molar-refractivity contribution in [1.29, 1.82) is 0 Å². The Labute approximate surface area is 202 Å². The summed E-state index contributed by atoms with van der Waals surface area (Å²) in [4.78, 5) is 24.3. The van der Waals surface area contributed by atoms with Gasteiger partial charge >= 0.3 is 5.97 Å². The van der Waals surface area contributed by atoms with Gasteiger partial charge in [-0.3, -0.25) is 9.59 Å². The van der Waals surface area contributed by atoms with Gasteiger partial charge in [-0.05, 0) is 31.0 Å². The standard InChI is InChI=1S/C9H9N.C8H10O.C6H11NO3S.Pd/c1-7-6-10-9-5-3-2-4-8(7)9;1-7-2-4-8(6-9)5-3-7;1-10-6(9)4-7-5(8)2-3-11;/h2-6,10H,1H3;2-5,9H,6H2,1H3;11H,2-4H2,1H3,(H,7,8);/p-1. The van der Waals surface area contributed by atoms with Gasteiger partial charge < -0.3 is 32.8 Å². The number of carbonyl (C=O) groups excluding carboxylic acids is 2. The van der Waals surface area contributed by atoms with Gasteiger partial charge in [-0.2, -0.15) is 5.75 Å². The van der Waals surface area contributed by atoms with E-state index in [2.05, 4.69) is 52.8 Å². The van der Waals surface area contributed by atoms with Crippen LogP contribution in [0.5, 0.6) is 0 Å². The van der Waals surface area contributed by atoms with Crippen molar-refractivity contribution in [1.82, 2.24) is 10.3 Å². The van der Waals surface area contributed by atoms with Crippen LogP contribution in [0.25, 0.3) is 10.9 Å². The topological polar surface area (TPSA) is 91.4 Å². The zero-order valence-corrected chi connectivity index (χ0v) is 20.3. The Hall–Kier alpha value is -2.11. The summed E-state index contributed by atoms with van der Waals surface area (Å²) < 4.78 is 4.30. The zero-order chi connectivity index (χ0) is 22.4. The maximum Gasteiger partial charge on any atom is 0.325 e. The molecule has 3 rings (SSSR count). The Kier molecular flexibility index (Phi) is 15.4. The maximum absolute atomic E-state index is 10.7. The number of para-hydroxylation sites is 1. The summed E-state index contributed by atoms with van der Waals surface area (Å²) in [5, 5.41) is 12.3. The molecule has 0 radical (unpaired) electrons. The van der Waals surface area contributed by atoms with E-state index in [9.17, 15) is 9.59 Å². The molecule has 0 fully saturated rings. The fourth-order valence-corrected chi connectivity index (χ4v) is 2.52. The molecule has 31 heavy (non-hydrogen) atoms. The van der Waals surface area contributed by atoms with Crippen molar-refractivity contribution in [3.8, 4) is 0 Å². The van der Waals surface area contributed by atoms with E-state index in [-0.39, 0.29) is 45.9 Å². The number of esters is 1. The molecule has 1 aromatic heterocycles. The van der Waals surface area contributed by atoms with Gasteiger partial charge in [0.15, 0.2) is 0 Å². The van der Waals surface area contributed by atoms with Crippen LogP contribution in [-0.2, 0) is 54.0 Å². The van der Waals surface area contributed by atoms with Gasteiger partial charge in [-0.25, -0.2) is 0 Å². The number of rotatable bonds is 5. The van der Waals surface area contributed by atoms with E-state index in [0.29, 0.717) is 5.75 Å². The van der Waals surface area contributed by atoms with Crippen LogP contribution in [-0.4, -0.2) is 41.4 Å². The Morgan fingerprint density at radius 2 is 1.74 bits per heavy atom. The SMILES string of the molecule is COC(=O)CNC(=O)CC[S-].Cc1c[nH]c2ccccc12.Cc1ccc(CO)cc1.[Pd]. The molecule has 6 nitrogen and oxygen atoms in total. The van der Waals surface area contributed by atoms with Gasteiger partial charge in [0.05, 0.1) is 13.7 Å². The molecular formula is C23H29N2O4PdS-. The summed E-state index contributed by atoms with van der Waals surface area (Å²) in [5.74, 6) is -0.305. The minimum atomic E-state index is -0.456. The number of ether oxygens (including phenoxy) is 1. The van der Waals surface area contributed by atoms with Crippen molar-refractivity contribution < 1.29 is 39.9 Å². The molecule has 3 N–H and O–H groups in total. The van der Waals surface area contributed by atoms with Crippen LogP contribution in [0.2, 0.25) is 0 Å². The second-order valence-electron chi connectivity index (χ2n) is 6.47. The third-order valence-corrected chi connectivity index (χ3v) is 4.29. The summed E-state index contributed by atoms with van der Waals surface area (Å²) in [6, 6.07) is 16.1. The monoisotopic (exact) mass is 535 g/mol. The summed E-state index contributed by atoms with van der Waals surface area (Å²) in [6.45, 7) is 4.20. The third kappa shape index (κ3) is 11.8. The van der Waals surface area contributed by atoms with Crippen LogP contribution in [0.3, 0.4) is 0 Å². The minimum absolute atomic E-state index is 0. The van der Waals surface area contributed by atoms with Crippen LogP contribution in [0, 0.1) is 13.8 Å². The molecule has 0 saturated heterocycles. The number of H-pyrrole nitrogens is 1. The Morgan fingerprint density at radius 3 is 2.29 bits per heavy atom. The fourth-order valence-electron chi connectivity index (χ4n) is 2.33. The van der Waals surface area contributed by atoms with Crippen LogP contribution >= 0.6 is 0 Å². The van der Waals surface area contributed by atoms with Gasteiger partial charge in [0, 0.05) is 43.9 Å². The van der Waals surface area contributed by atoms with E-state index >= 15 is 0 Å². The summed E-state index contributed by atoms with van der Waals surface area (Å²) in [6.07, 6.45) is 2.30. The Morgan fingerprint density at radius 1 is 1.10 bits per heavy atom. The second kappa shape index (κ2) is 16.6. The molecule has 0 saturated carbocycles. The number of aliphatic hydroxyl groups is 1.